The lowest BCUT2D eigenvalue weighted by Gasteiger charge is -2.29. The molecule has 1 atom stereocenters. The summed E-state index contributed by atoms with van der Waals surface area (Å²) < 4.78 is 25.3. The van der Waals surface area contributed by atoms with E-state index in [1.54, 1.807) is 43.3 Å². The van der Waals surface area contributed by atoms with Crippen molar-refractivity contribution < 1.29 is 18.7 Å². The molecule has 1 amide bonds. The van der Waals surface area contributed by atoms with Crippen molar-refractivity contribution in [2.24, 2.45) is 0 Å². The number of nitrogens with one attached hydrogen (secondary N) is 1. The molecule has 4 nitrogen and oxygen atoms in total. The van der Waals surface area contributed by atoms with Crippen LogP contribution in [0.1, 0.15) is 22.8 Å². The first kappa shape index (κ1) is 18.4. The van der Waals surface area contributed by atoms with Crippen LogP contribution in [0.5, 0.6) is 5.75 Å². The average molecular weight is 396 g/mol. The molecule has 1 N–H and O–H groups in total. The molecular formula is C18H19BrFNO3. The first-order valence-electron chi connectivity index (χ1n) is 7.33. The summed E-state index contributed by atoms with van der Waals surface area (Å²) in [7, 11) is 3.02. The molecule has 0 aliphatic heterocycles. The lowest BCUT2D eigenvalue weighted by molar-refractivity contribution is 0.000381. The molecule has 1 unspecified atom stereocenters. The van der Waals surface area contributed by atoms with Crippen molar-refractivity contribution in [2.45, 2.75) is 12.5 Å². The fourth-order valence-electron chi connectivity index (χ4n) is 2.32. The molecule has 0 aromatic heterocycles. The Balaban J connectivity index is 2.19. The van der Waals surface area contributed by atoms with Gasteiger partial charge in [-0.15, -0.1) is 0 Å². The maximum absolute atomic E-state index is 14.1. The summed E-state index contributed by atoms with van der Waals surface area (Å²) in [5.41, 5.74) is -0.161. The van der Waals surface area contributed by atoms with Gasteiger partial charge in [-0.25, -0.2) is 4.39 Å². The molecule has 0 fully saturated rings. The van der Waals surface area contributed by atoms with Crippen molar-refractivity contribution in [3.05, 3.63) is 63.9 Å². The molecule has 0 aliphatic carbocycles. The van der Waals surface area contributed by atoms with Gasteiger partial charge in [-0.05, 0) is 47.1 Å². The van der Waals surface area contributed by atoms with Crippen LogP contribution in [-0.2, 0) is 10.3 Å². The molecule has 0 heterocycles. The fourth-order valence-corrected chi connectivity index (χ4v) is 2.74. The standard InChI is InChI=1S/C18H19BrFNO3/c1-18(24-3,14-6-4-5-7-16(14)20)11-21-17(22)13-10-12(23-2)8-9-15(13)19/h4-10H,11H2,1-3H3,(H,21,22). The Bertz CT molecular complexity index is 738. The smallest absolute Gasteiger partial charge is 0.252 e. The van der Waals surface area contributed by atoms with Crippen LogP contribution in [-0.4, -0.2) is 26.7 Å². The maximum atomic E-state index is 14.1. The van der Waals surface area contributed by atoms with E-state index in [1.807, 2.05) is 0 Å². The Labute approximate surface area is 149 Å². The van der Waals surface area contributed by atoms with Crippen molar-refractivity contribution in [3.63, 3.8) is 0 Å². The first-order chi connectivity index (χ1) is 11.4. The number of ether oxygens (including phenoxy) is 2. The van der Waals surface area contributed by atoms with E-state index in [9.17, 15) is 9.18 Å². The van der Waals surface area contributed by atoms with Crippen molar-refractivity contribution in [1.82, 2.24) is 5.32 Å². The van der Waals surface area contributed by atoms with Crippen LogP contribution in [0.25, 0.3) is 0 Å². The Hall–Kier alpha value is -1.92. The summed E-state index contributed by atoms with van der Waals surface area (Å²) in [5, 5.41) is 2.79. The van der Waals surface area contributed by atoms with E-state index in [0.717, 1.165) is 0 Å². The lowest BCUT2D eigenvalue weighted by atomic mass is 9.95. The van der Waals surface area contributed by atoms with E-state index in [1.165, 1.54) is 20.3 Å². The molecule has 2 rings (SSSR count). The number of amides is 1. The number of rotatable bonds is 6. The molecule has 0 bridgehead atoms. The number of benzene rings is 2. The number of carbonyl (C=O) groups is 1. The quantitative estimate of drug-likeness (QED) is 0.806. The lowest BCUT2D eigenvalue weighted by Crippen LogP contribution is -2.40. The van der Waals surface area contributed by atoms with Crippen LogP contribution in [0, 0.1) is 5.82 Å². The normalized spacial score (nSPS) is 13.2. The van der Waals surface area contributed by atoms with Gasteiger partial charge in [-0.2, -0.15) is 0 Å². The van der Waals surface area contributed by atoms with E-state index < -0.39 is 5.60 Å². The second-order valence-corrected chi connectivity index (χ2v) is 6.30. The van der Waals surface area contributed by atoms with E-state index in [4.69, 9.17) is 9.47 Å². The Morgan fingerprint density at radius 2 is 1.96 bits per heavy atom. The molecular weight excluding hydrogens is 377 g/mol. The Kier molecular flexibility index (Phi) is 5.96. The van der Waals surface area contributed by atoms with Crippen LogP contribution in [0.2, 0.25) is 0 Å². The highest BCUT2D eigenvalue weighted by molar-refractivity contribution is 9.10. The summed E-state index contributed by atoms with van der Waals surface area (Å²) in [5.74, 6) is -0.106. The van der Waals surface area contributed by atoms with E-state index >= 15 is 0 Å². The molecule has 128 valence electrons. The predicted octanol–water partition coefficient (Wildman–Crippen LogP) is 3.89. The zero-order chi connectivity index (χ0) is 17.7. The number of halogens is 2. The van der Waals surface area contributed by atoms with Crippen LogP contribution in [0.4, 0.5) is 4.39 Å². The highest BCUT2D eigenvalue weighted by atomic mass is 79.9. The molecule has 2 aromatic rings. The van der Waals surface area contributed by atoms with Gasteiger partial charge in [0.05, 0.1) is 19.2 Å². The largest absolute Gasteiger partial charge is 0.497 e. The van der Waals surface area contributed by atoms with Crippen molar-refractivity contribution >= 4 is 21.8 Å². The number of hydrogen-bond donors (Lipinski definition) is 1. The van der Waals surface area contributed by atoms with Gasteiger partial charge in [0.25, 0.3) is 5.91 Å². The van der Waals surface area contributed by atoms with Crippen LogP contribution < -0.4 is 10.1 Å². The van der Waals surface area contributed by atoms with Gasteiger partial charge in [-0.3, -0.25) is 4.79 Å². The van der Waals surface area contributed by atoms with Gasteiger partial charge in [-0.1, -0.05) is 18.2 Å². The van der Waals surface area contributed by atoms with Crippen LogP contribution in [0.3, 0.4) is 0 Å². The van der Waals surface area contributed by atoms with Gasteiger partial charge in [0.1, 0.15) is 17.2 Å². The molecule has 24 heavy (non-hydrogen) atoms. The van der Waals surface area contributed by atoms with Gasteiger partial charge in [0.15, 0.2) is 0 Å². The molecule has 0 aliphatic rings. The van der Waals surface area contributed by atoms with E-state index in [2.05, 4.69) is 21.2 Å². The van der Waals surface area contributed by atoms with Crippen LogP contribution in [0.15, 0.2) is 46.9 Å². The highest BCUT2D eigenvalue weighted by Crippen LogP contribution is 2.27. The summed E-state index contributed by atoms with van der Waals surface area (Å²) in [6.45, 7) is 1.85. The third-order valence-corrected chi connectivity index (χ3v) is 4.59. The predicted molar refractivity (Wildman–Crippen MR) is 93.8 cm³/mol. The molecule has 0 saturated heterocycles. The fraction of sp³-hybridized carbons (Fsp3) is 0.278. The average Bonchev–Trinajstić information content (AvgIpc) is 2.60. The van der Waals surface area contributed by atoms with Crippen LogP contribution >= 0.6 is 15.9 Å². The SMILES string of the molecule is COc1ccc(Br)c(C(=O)NCC(C)(OC)c2ccccc2F)c1. The Morgan fingerprint density at radius 3 is 2.58 bits per heavy atom. The number of methoxy groups -OCH3 is 2. The molecule has 6 heteroatoms. The third-order valence-electron chi connectivity index (χ3n) is 3.90. The van der Waals surface area contributed by atoms with Crippen molar-refractivity contribution in [3.8, 4) is 5.75 Å². The van der Waals surface area contributed by atoms with Gasteiger partial charge in [0.2, 0.25) is 0 Å². The van der Waals surface area contributed by atoms with Gasteiger partial charge >= 0.3 is 0 Å². The molecule has 0 spiro atoms. The zero-order valence-electron chi connectivity index (χ0n) is 13.7. The monoisotopic (exact) mass is 395 g/mol. The second kappa shape index (κ2) is 7.77. The summed E-state index contributed by atoms with van der Waals surface area (Å²) in [6, 6.07) is 11.5. The minimum Gasteiger partial charge on any atom is -0.497 e. The summed E-state index contributed by atoms with van der Waals surface area (Å²) in [4.78, 5) is 12.5. The number of carbonyl (C=O) groups excluding carboxylic acids is 1. The minimum absolute atomic E-state index is 0.118. The van der Waals surface area contributed by atoms with Crippen molar-refractivity contribution in [2.75, 3.05) is 20.8 Å². The van der Waals surface area contributed by atoms with Gasteiger partial charge in [0, 0.05) is 17.1 Å². The Morgan fingerprint density at radius 1 is 1.25 bits per heavy atom. The van der Waals surface area contributed by atoms with E-state index in [-0.39, 0.29) is 18.3 Å². The zero-order valence-corrected chi connectivity index (χ0v) is 15.3. The highest BCUT2D eigenvalue weighted by Gasteiger charge is 2.30. The first-order valence-corrected chi connectivity index (χ1v) is 8.12. The maximum Gasteiger partial charge on any atom is 0.252 e. The van der Waals surface area contributed by atoms with Gasteiger partial charge < -0.3 is 14.8 Å². The third kappa shape index (κ3) is 3.94. The molecule has 0 saturated carbocycles. The molecule has 0 radical (unpaired) electrons. The van der Waals surface area contributed by atoms with Crippen molar-refractivity contribution in [1.29, 1.82) is 0 Å². The summed E-state index contributed by atoms with van der Waals surface area (Å²) >= 11 is 3.35. The second-order valence-electron chi connectivity index (χ2n) is 5.44. The topological polar surface area (TPSA) is 47.6 Å². The number of hydrogen-bond acceptors (Lipinski definition) is 3. The summed E-state index contributed by atoms with van der Waals surface area (Å²) in [6.07, 6.45) is 0. The molecule has 2 aromatic carbocycles. The minimum atomic E-state index is -0.980. The van der Waals surface area contributed by atoms with E-state index in [0.29, 0.717) is 21.3 Å².